The molecule has 1 aliphatic heterocycles. The highest BCUT2D eigenvalue weighted by atomic mass is 19.1. The summed E-state index contributed by atoms with van der Waals surface area (Å²) in [6.07, 6.45) is 1.76. The maximum atomic E-state index is 13.0. The predicted octanol–water partition coefficient (Wildman–Crippen LogP) is 3.11. The Balaban J connectivity index is 1.76. The molecule has 1 saturated heterocycles. The quantitative estimate of drug-likeness (QED) is 0.340. The van der Waals surface area contributed by atoms with Gasteiger partial charge in [0.15, 0.2) is 11.5 Å². The number of rotatable bonds is 6. The topological polar surface area (TPSA) is 97.3 Å². The van der Waals surface area contributed by atoms with Crippen molar-refractivity contribution >= 4 is 24.1 Å². The van der Waals surface area contributed by atoms with Crippen molar-refractivity contribution in [1.82, 2.24) is 10.3 Å². The van der Waals surface area contributed by atoms with E-state index in [1.54, 1.807) is 19.9 Å². The SMILES string of the molecule is CCC1(C)NC(=O)N(/N=C/c2ccc(OC(=O)c3ccc(F)cc3)c(OC)c2)C1=O. The predicted molar refractivity (Wildman–Crippen MR) is 106 cm³/mol. The minimum atomic E-state index is -0.982. The molecule has 1 fully saturated rings. The van der Waals surface area contributed by atoms with Crippen LogP contribution in [0.25, 0.3) is 0 Å². The Labute approximate surface area is 172 Å². The molecule has 1 unspecified atom stereocenters. The molecule has 1 aliphatic rings. The van der Waals surface area contributed by atoms with Crippen molar-refractivity contribution in [3.63, 3.8) is 0 Å². The van der Waals surface area contributed by atoms with Crippen LogP contribution in [0.1, 0.15) is 36.2 Å². The number of ether oxygens (including phenoxy) is 2. The molecule has 0 bridgehead atoms. The monoisotopic (exact) mass is 413 g/mol. The van der Waals surface area contributed by atoms with Crippen molar-refractivity contribution in [2.45, 2.75) is 25.8 Å². The number of hydrogen-bond acceptors (Lipinski definition) is 6. The molecule has 3 rings (SSSR count). The average molecular weight is 413 g/mol. The minimum Gasteiger partial charge on any atom is -0.493 e. The third-order valence-electron chi connectivity index (χ3n) is 4.74. The highest BCUT2D eigenvalue weighted by Crippen LogP contribution is 2.29. The van der Waals surface area contributed by atoms with E-state index in [-0.39, 0.29) is 17.1 Å². The van der Waals surface area contributed by atoms with Crippen LogP contribution in [-0.4, -0.2) is 41.8 Å². The number of urea groups is 1. The first-order valence-corrected chi connectivity index (χ1v) is 9.14. The molecule has 0 radical (unpaired) electrons. The zero-order valence-electron chi connectivity index (χ0n) is 16.6. The van der Waals surface area contributed by atoms with E-state index in [2.05, 4.69) is 10.4 Å². The summed E-state index contributed by atoms with van der Waals surface area (Å²) in [6.45, 7) is 3.43. The van der Waals surface area contributed by atoms with Crippen LogP contribution in [0.5, 0.6) is 11.5 Å². The van der Waals surface area contributed by atoms with Crippen LogP contribution in [-0.2, 0) is 4.79 Å². The zero-order valence-corrected chi connectivity index (χ0v) is 16.6. The highest BCUT2D eigenvalue weighted by Gasteiger charge is 2.46. The van der Waals surface area contributed by atoms with Gasteiger partial charge in [0, 0.05) is 0 Å². The fourth-order valence-electron chi connectivity index (χ4n) is 2.73. The second-order valence-corrected chi connectivity index (χ2v) is 6.78. The van der Waals surface area contributed by atoms with E-state index in [0.29, 0.717) is 12.0 Å². The number of benzene rings is 2. The summed E-state index contributed by atoms with van der Waals surface area (Å²) in [5.74, 6) is -1.18. The molecule has 0 spiro atoms. The van der Waals surface area contributed by atoms with Gasteiger partial charge >= 0.3 is 12.0 Å². The van der Waals surface area contributed by atoms with Gasteiger partial charge in [0.2, 0.25) is 0 Å². The Morgan fingerprint density at radius 1 is 1.20 bits per heavy atom. The number of nitrogens with zero attached hydrogens (tertiary/aromatic N) is 2. The smallest absolute Gasteiger partial charge is 0.346 e. The number of nitrogens with one attached hydrogen (secondary N) is 1. The van der Waals surface area contributed by atoms with Gasteiger partial charge in [-0.3, -0.25) is 4.79 Å². The van der Waals surface area contributed by atoms with Crippen LogP contribution in [0.3, 0.4) is 0 Å². The molecule has 156 valence electrons. The summed E-state index contributed by atoms with van der Waals surface area (Å²) in [7, 11) is 1.40. The molecule has 0 aliphatic carbocycles. The van der Waals surface area contributed by atoms with Gasteiger partial charge in [-0.15, -0.1) is 5.01 Å². The summed E-state index contributed by atoms with van der Waals surface area (Å²) < 4.78 is 23.6. The Morgan fingerprint density at radius 2 is 1.90 bits per heavy atom. The first kappa shape index (κ1) is 21.0. The third-order valence-corrected chi connectivity index (χ3v) is 4.74. The molecule has 8 nitrogen and oxygen atoms in total. The maximum Gasteiger partial charge on any atom is 0.346 e. The van der Waals surface area contributed by atoms with Gasteiger partial charge in [-0.2, -0.15) is 5.10 Å². The Hall–Kier alpha value is -3.75. The molecule has 30 heavy (non-hydrogen) atoms. The van der Waals surface area contributed by atoms with Gasteiger partial charge in [-0.1, -0.05) is 6.92 Å². The number of carbonyl (C=O) groups excluding carboxylic acids is 3. The Kier molecular flexibility index (Phi) is 5.81. The number of amides is 3. The summed E-state index contributed by atoms with van der Waals surface area (Å²) in [5.41, 5.74) is -0.286. The number of esters is 1. The van der Waals surface area contributed by atoms with Crippen molar-refractivity contribution in [3.8, 4) is 11.5 Å². The average Bonchev–Trinajstić information content (AvgIpc) is 2.96. The van der Waals surface area contributed by atoms with E-state index in [9.17, 15) is 18.8 Å². The number of halogens is 1. The Bertz CT molecular complexity index is 1020. The lowest BCUT2D eigenvalue weighted by Gasteiger charge is -2.17. The van der Waals surface area contributed by atoms with Gasteiger partial charge in [0.25, 0.3) is 5.91 Å². The van der Waals surface area contributed by atoms with Crippen LogP contribution >= 0.6 is 0 Å². The van der Waals surface area contributed by atoms with Crippen LogP contribution in [0.2, 0.25) is 0 Å². The molecular formula is C21H20FN3O5. The van der Waals surface area contributed by atoms with Gasteiger partial charge in [-0.05, 0) is 61.4 Å². The first-order valence-electron chi connectivity index (χ1n) is 9.14. The molecule has 3 amide bonds. The van der Waals surface area contributed by atoms with E-state index >= 15 is 0 Å². The summed E-state index contributed by atoms with van der Waals surface area (Å²) >= 11 is 0. The molecule has 0 aromatic heterocycles. The molecule has 2 aromatic rings. The van der Waals surface area contributed by atoms with E-state index in [1.807, 2.05) is 0 Å². The molecular weight excluding hydrogens is 393 g/mol. The molecule has 2 aromatic carbocycles. The Morgan fingerprint density at radius 3 is 2.50 bits per heavy atom. The van der Waals surface area contributed by atoms with Gasteiger partial charge in [0.1, 0.15) is 11.4 Å². The van der Waals surface area contributed by atoms with Gasteiger partial charge in [0.05, 0.1) is 18.9 Å². The third kappa shape index (κ3) is 4.14. The number of carbonyl (C=O) groups is 3. The summed E-state index contributed by atoms with van der Waals surface area (Å²) in [6, 6.07) is 8.95. The van der Waals surface area contributed by atoms with Gasteiger partial charge in [-0.25, -0.2) is 14.0 Å². The van der Waals surface area contributed by atoms with E-state index in [1.165, 1.54) is 37.6 Å². The van der Waals surface area contributed by atoms with Crippen molar-refractivity contribution in [2.24, 2.45) is 5.10 Å². The second kappa shape index (κ2) is 8.32. The van der Waals surface area contributed by atoms with E-state index in [4.69, 9.17) is 9.47 Å². The lowest BCUT2D eigenvalue weighted by molar-refractivity contribution is -0.130. The van der Waals surface area contributed by atoms with E-state index < -0.39 is 29.3 Å². The summed E-state index contributed by atoms with van der Waals surface area (Å²) in [5, 5.41) is 7.35. The van der Waals surface area contributed by atoms with Crippen LogP contribution in [0.15, 0.2) is 47.6 Å². The normalized spacial score (nSPS) is 18.6. The number of imide groups is 1. The van der Waals surface area contributed by atoms with Crippen molar-refractivity contribution in [3.05, 3.63) is 59.4 Å². The van der Waals surface area contributed by atoms with Crippen LogP contribution in [0.4, 0.5) is 9.18 Å². The highest BCUT2D eigenvalue weighted by molar-refractivity contribution is 6.07. The molecule has 1 heterocycles. The maximum absolute atomic E-state index is 13.0. The zero-order chi connectivity index (χ0) is 21.9. The lowest BCUT2D eigenvalue weighted by atomic mass is 10.00. The fourth-order valence-corrected chi connectivity index (χ4v) is 2.73. The standard InChI is InChI=1S/C21H20FN3O5/c1-4-21(2)19(27)25(20(28)24-21)23-12-13-5-10-16(17(11-13)29-3)30-18(26)14-6-8-15(22)9-7-14/h5-12H,4H2,1-3H3,(H,24,28)/b23-12+. The van der Waals surface area contributed by atoms with Crippen LogP contribution in [0, 0.1) is 5.82 Å². The number of hydrazone groups is 1. The number of methoxy groups -OCH3 is 1. The minimum absolute atomic E-state index is 0.150. The fraction of sp³-hybridized carbons (Fsp3) is 0.238. The molecule has 1 atom stereocenters. The second-order valence-electron chi connectivity index (χ2n) is 6.78. The van der Waals surface area contributed by atoms with E-state index in [0.717, 1.165) is 17.1 Å². The lowest BCUT2D eigenvalue weighted by Crippen LogP contribution is -2.42. The largest absolute Gasteiger partial charge is 0.493 e. The summed E-state index contributed by atoms with van der Waals surface area (Å²) in [4.78, 5) is 36.6. The molecule has 1 N–H and O–H groups in total. The van der Waals surface area contributed by atoms with Gasteiger partial charge < -0.3 is 14.8 Å². The first-order chi connectivity index (χ1) is 14.3. The molecule has 0 saturated carbocycles. The number of hydrogen-bond donors (Lipinski definition) is 1. The van der Waals surface area contributed by atoms with Crippen molar-refractivity contribution in [2.75, 3.05) is 7.11 Å². The van der Waals surface area contributed by atoms with Crippen molar-refractivity contribution in [1.29, 1.82) is 0 Å². The van der Waals surface area contributed by atoms with Crippen molar-refractivity contribution < 1.29 is 28.2 Å². The van der Waals surface area contributed by atoms with Crippen LogP contribution < -0.4 is 14.8 Å². The molecule has 9 heteroatoms.